The van der Waals surface area contributed by atoms with E-state index in [4.69, 9.17) is 4.74 Å². The van der Waals surface area contributed by atoms with Crippen molar-refractivity contribution >= 4 is 21.8 Å². The fraction of sp³-hybridized carbons (Fsp3) is 0.533. The lowest BCUT2D eigenvalue weighted by Gasteiger charge is -2.32. The van der Waals surface area contributed by atoms with Crippen LogP contribution in [0.5, 0.6) is 5.75 Å². The minimum atomic E-state index is 0.0568. The lowest BCUT2D eigenvalue weighted by atomic mass is 10.1. The van der Waals surface area contributed by atoms with Crippen molar-refractivity contribution in [3.05, 3.63) is 28.7 Å². The summed E-state index contributed by atoms with van der Waals surface area (Å²) in [6, 6.07) is 8.15. The predicted molar refractivity (Wildman–Crippen MR) is 82.9 cm³/mol. The average molecular weight is 341 g/mol. The van der Waals surface area contributed by atoms with Crippen LogP contribution >= 0.6 is 15.9 Å². The van der Waals surface area contributed by atoms with Crippen LogP contribution in [0.3, 0.4) is 0 Å². The monoisotopic (exact) mass is 340 g/mol. The minimum Gasteiger partial charge on any atom is -0.491 e. The van der Waals surface area contributed by atoms with Crippen molar-refractivity contribution in [2.24, 2.45) is 0 Å². The van der Waals surface area contributed by atoms with Crippen LogP contribution in [-0.4, -0.2) is 43.1 Å². The molecule has 0 spiro atoms. The van der Waals surface area contributed by atoms with E-state index in [-0.39, 0.29) is 11.9 Å². The van der Waals surface area contributed by atoms with Crippen LogP contribution in [-0.2, 0) is 4.79 Å². The van der Waals surface area contributed by atoms with E-state index in [1.165, 1.54) is 0 Å². The molecule has 1 heterocycles. The molecule has 1 N–H and O–H groups in total. The second-order valence-corrected chi connectivity index (χ2v) is 5.97. The van der Waals surface area contributed by atoms with Crippen molar-refractivity contribution in [3.8, 4) is 5.75 Å². The average Bonchev–Trinajstić information content (AvgIpc) is 2.41. The summed E-state index contributed by atoms with van der Waals surface area (Å²) in [5.74, 6) is 0.934. The van der Waals surface area contributed by atoms with Gasteiger partial charge in [-0.25, -0.2) is 0 Å². The number of ether oxygens (including phenoxy) is 1. The molecule has 1 aliphatic rings. The Balaban J connectivity index is 1.74. The largest absolute Gasteiger partial charge is 0.491 e. The zero-order valence-electron chi connectivity index (χ0n) is 11.8. The van der Waals surface area contributed by atoms with Gasteiger partial charge in [0.1, 0.15) is 12.4 Å². The molecule has 1 fully saturated rings. The summed E-state index contributed by atoms with van der Waals surface area (Å²) in [4.78, 5) is 13.4. The van der Waals surface area contributed by atoms with E-state index in [1.807, 2.05) is 24.3 Å². The standard InChI is InChI=1S/C15H21BrN2O2/c1-12(19)17-13-5-4-8-18(11-13)9-10-20-15-7-3-2-6-14(15)16/h2-3,6-7,13H,4-5,8-11H2,1H3,(H,17,19). The quantitative estimate of drug-likeness (QED) is 0.894. The smallest absolute Gasteiger partial charge is 0.217 e. The molecular formula is C15H21BrN2O2. The normalized spacial score (nSPS) is 19.6. The number of hydrogen-bond donors (Lipinski definition) is 1. The molecule has 4 nitrogen and oxygen atoms in total. The molecule has 1 aromatic carbocycles. The topological polar surface area (TPSA) is 41.6 Å². The Morgan fingerprint density at radius 3 is 3.05 bits per heavy atom. The van der Waals surface area contributed by atoms with Crippen LogP contribution in [0.15, 0.2) is 28.7 Å². The summed E-state index contributed by atoms with van der Waals surface area (Å²) >= 11 is 3.47. The number of carbonyl (C=O) groups excluding carboxylic acids is 1. The summed E-state index contributed by atoms with van der Waals surface area (Å²) in [6.07, 6.45) is 2.20. The first-order valence-electron chi connectivity index (χ1n) is 7.02. The lowest BCUT2D eigenvalue weighted by Crippen LogP contribution is -2.48. The number of benzene rings is 1. The van der Waals surface area contributed by atoms with Gasteiger partial charge in [-0.05, 0) is 47.4 Å². The highest BCUT2D eigenvalue weighted by Crippen LogP contribution is 2.23. The highest BCUT2D eigenvalue weighted by atomic mass is 79.9. The molecule has 110 valence electrons. The van der Waals surface area contributed by atoms with E-state index in [0.29, 0.717) is 6.61 Å². The van der Waals surface area contributed by atoms with Crippen LogP contribution in [0, 0.1) is 0 Å². The first kappa shape index (κ1) is 15.3. The Hall–Kier alpha value is -1.07. The van der Waals surface area contributed by atoms with E-state index in [0.717, 1.165) is 42.7 Å². The van der Waals surface area contributed by atoms with E-state index in [9.17, 15) is 4.79 Å². The van der Waals surface area contributed by atoms with Crippen molar-refractivity contribution in [1.82, 2.24) is 10.2 Å². The van der Waals surface area contributed by atoms with Crippen LogP contribution < -0.4 is 10.1 Å². The van der Waals surface area contributed by atoms with E-state index >= 15 is 0 Å². The molecule has 0 saturated carbocycles. The van der Waals surface area contributed by atoms with E-state index < -0.39 is 0 Å². The summed E-state index contributed by atoms with van der Waals surface area (Å²) in [7, 11) is 0. The Labute approximate surface area is 128 Å². The lowest BCUT2D eigenvalue weighted by molar-refractivity contribution is -0.120. The summed E-state index contributed by atoms with van der Waals surface area (Å²) in [5.41, 5.74) is 0. The van der Waals surface area contributed by atoms with Crippen molar-refractivity contribution in [2.75, 3.05) is 26.2 Å². The molecule has 1 amide bonds. The number of likely N-dealkylation sites (tertiary alicyclic amines) is 1. The van der Waals surface area contributed by atoms with Crippen molar-refractivity contribution in [2.45, 2.75) is 25.8 Å². The number of piperidine rings is 1. The number of hydrogen-bond acceptors (Lipinski definition) is 3. The zero-order chi connectivity index (χ0) is 14.4. The van der Waals surface area contributed by atoms with Crippen molar-refractivity contribution < 1.29 is 9.53 Å². The summed E-state index contributed by atoms with van der Waals surface area (Å²) in [6.45, 7) is 5.12. The third-order valence-electron chi connectivity index (χ3n) is 3.41. The maximum absolute atomic E-state index is 11.1. The molecule has 1 atom stereocenters. The zero-order valence-corrected chi connectivity index (χ0v) is 13.4. The molecule has 0 aliphatic carbocycles. The molecule has 0 radical (unpaired) electrons. The molecule has 5 heteroatoms. The number of carbonyl (C=O) groups is 1. The van der Waals surface area contributed by atoms with Gasteiger partial charge in [-0.3, -0.25) is 9.69 Å². The van der Waals surface area contributed by atoms with Gasteiger partial charge in [-0.2, -0.15) is 0 Å². The van der Waals surface area contributed by atoms with Crippen LogP contribution in [0.4, 0.5) is 0 Å². The predicted octanol–water partition coefficient (Wildman–Crippen LogP) is 2.43. The van der Waals surface area contributed by atoms with Crippen molar-refractivity contribution in [1.29, 1.82) is 0 Å². The molecule has 1 saturated heterocycles. The maximum atomic E-state index is 11.1. The Kier molecular flexibility index (Phi) is 5.86. The van der Waals surface area contributed by atoms with Gasteiger partial charge in [0.2, 0.25) is 5.91 Å². The van der Waals surface area contributed by atoms with Gasteiger partial charge >= 0.3 is 0 Å². The van der Waals surface area contributed by atoms with Crippen LogP contribution in [0.2, 0.25) is 0 Å². The number of para-hydroxylation sites is 1. The fourth-order valence-electron chi connectivity index (χ4n) is 2.51. The molecule has 0 bridgehead atoms. The highest BCUT2D eigenvalue weighted by Gasteiger charge is 2.20. The van der Waals surface area contributed by atoms with Gasteiger partial charge in [0.15, 0.2) is 0 Å². The second kappa shape index (κ2) is 7.64. The molecule has 2 rings (SSSR count). The molecule has 0 aromatic heterocycles. The Morgan fingerprint density at radius 2 is 2.30 bits per heavy atom. The number of nitrogens with zero attached hydrogens (tertiary/aromatic N) is 1. The van der Waals surface area contributed by atoms with E-state index in [2.05, 4.69) is 26.1 Å². The second-order valence-electron chi connectivity index (χ2n) is 5.12. The van der Waals surface area contributed by atoms with Gasteiger partial charge < -0.3 is 10.1 Å². The minimum absolute atomic E-state index is 0.0568. The third kappa shape index (κ3) is 4.80. The number of rotatable bonds is 5. The third-order valence-corrected chi connectivity index (χ3v) is 4.07. The number of halogens is 1. The molecular weight excluding hydrogens is 320 g/mol. The molecule has 1 aromatic rings. The van der Waals surface area contributed by atoms with Gasteiger partial charge in [0.25, 0.3) is 0 Å². The molecule has 20 heavy (non-hydrogen) atoms. The fourth-order valence-corrected chi connectivity index (χ4v) is 2.91. The molecule has 1 aliphatic heterocycles. The van der Waals surface area contributed by atoms with Crippen LogP contribution in [0.1, 0.15) is 19.8 Å². The van der Waals surface area contributed by atoms with Gasteiger partial charge in [0, 0.05) is 26.1 Å². The van der Waals surface area contributed by atoms with E-state index in [1.54, 1.807) is 6.92 Å². The highest BCUT2D eigenvalue weighted by molar-refractivity contribution is 9.10. The van der Waals surface area contributed by atoms with Crippen molar-refractivity contribution in [3.63, 3.8) is 0 Å². The van der Waals surface area contributed by atoms with Gasteiger partial charge in [-0.1, -0.05) is 12.1 Å². The first-order chi connectivity index (χ1) is 9.65. The first-order valence-corrected chi connectivity index (χ1v) is 7.81. The maximum Gasteiger partial charge on any atom is 0.217 e. The van der Waals surface area contributed by atoms with Crippen LogP contribution in [0.25, 0.3) is 0 Å². The summed E-state index contributed by atoms with van der Waals surface area (Å²) in [5, 5.41) is 3.00. The molecule has 1 unspecified atom stereocenters. The number of nitrogens with one attached hydrogen (secondary N) is 1. The summed E-state index contributed by atoms with van der Waals surface area (Å²) < 4.78 is 6.76. The van der Waals surface area contributed by atoms with Gasteiger partial charge in [0.05, 0.1) is 4.47 Å². The number of amides is 1. The Bertz CT molecular complexity index is 453. The SMILES string of the molecule is CC(=O)NC1CCCN(CCOc2ccccc2Br)C1. The van der Waals surface area contributed by atoms with Gasteiger partial charge in [-0.15, -0.1) is 0 Å². The Morgan fingerprint density at radius 1 is 1.50 bits per heavy atom.